The topological polar surface area (TPSA) is 106 Å². The zero-order valence-electron chi connectivity index (χ0n) is 15.3. The van der Waals surface area contributed by atoms with Gasteiger partial charge in [0.15, 0.2) is 11.3 Å². The number of rotatable bonds is 6. The van der Waals surface area contributed by atoms with Gasteiger partial charge in [-0.05, 0) is 42.0 Å². The zero-order valence-corrected chi connectivity index (χ0v) is 15.3. The van der Waals surface area contributed by atoms with E-state index in [2.05, 4.69) is 10.6 Å². The molecule has 8 nitrogen and oxygen atoms in total. The molecule has 146 valence electrons. The number of hydrogen-bond donors (Lipinski definition) is 2. The smallest absolute Gasteiger partial charge is 0.420 e. The summed E-state index contributed by atoms with van der Waals surface area (Å²) in [7, 11) is 0. The van der Waals surface area contributed by atoms with Gasteiger partial charge in [0, 0.05) is 12.2 Å². The molecule has 0 bridgehead atoms. The van der Waals surface area contributed by atoms with E-state index < -0.39 is 5.76 Å². The van der Waals surface area contributed by atoms with Gasteiger partial charge in [0.05, 0.1) is 11.8 Å². The maximum Gasteiger partial charge on any atom is 0.420 e. The minimum absolute atomic E-state index is 0.132. The third-order valence-corrected chi connectivity index (χ3v) is 4.32. The number of aromatic nitrogens is 1. The van der Waals surface area contributed by atoms with Gasteiger partial charge in [-0.3, -0.25) is 14.2 Å². The SMILES string of the molecule is O=C(Cn1c(=O)oc2ccccc21)NCc1ccc(NC(=O)c2ccco2)cc1. The largest absolute Gasteiger partial charge is 0.459 e. The molecular formula is C21H17N3O5. The van der Waals surface area contributed by atoms with E-state index in [1.165, 1.54) is 10.8 Å². The summed E-state index contributed by atoms with van der Waals surface area (Å²) in [6.07, 6.45) is 1.43. The van der Waals surface area contributed by atoms with Crippen LogP contribution in [0, 0.1) is 0 Å². The van der Waals surface area contributed by atoms with E-state index in [0.29, 0.717) is 16.8 Å². The zero-order chi connectivity index (χ0) is 20.2. The molecule has 0 saturated heterocycles. The number of fused-ring (bicyclic) bond motifs is 1. The fraction of sp³-hybridized carbons (Fsp3) is 0.0952. The van der Waals surface area contributed by atoms with Crippen LogP contribution in [0.3, 0.4) is 0 Å². The number of oxazole rings is 1. The van der Waals surface area contributed by atoms with Crippen LogP contribution in [0.1, 0.15) is 16.1 Å². The summed E-state index contributed by atoms with van der Waals surface area (Å²) in [6.45, 7) is 0.156. The number of amides is 2. The third kappa shape index (κ3) is 4.11. The van der Waals surface area contributed by atoms with Gasteiger partial charge in [-0.1, -0.05) is 24.3 Å². The van der Waals surface area contributed by atoms with Crippen molar-refractivity contribution in [3.8, 4) is 0 Å². The van der Waals surface area contributed by atoms with Gasteiger partial charge in [-0.15, -0.1) is 0 Å². The Labute approximate surface area is 164 Å². The van der Waals surface area contributed by atoms with Crippen LogP contribution in [0.15, 0.2) is 80.6 Å². The molecule has 0 aliphatic carbocycles. The molecule has 0 radical (unpaired) electrons. The molecule has 8 heteroatoms. The van der Waals surface area contributed by atoms with Crippen molar-refractivity contribution in [3.63, 3.8) is 0 Å². The highest BCUT2D eigenvalue weighted by Gasteiger charge is 2.12. The molecule has 29 heavy (non-hydrogen) atoms. The fourth-order valence-electron chi connectivity index (χ4n) is 2.87. The van der Waals surface area contributed by atoms with Crippen LogP contribution < -0.4 is 16.4 Å². The molecule has 2 N–H and O–H groups in total. The fourth-order valence-corrected chi connectivity index (χ4v) is 2.87. The Morgan fingerprint density at radius 2 is 1.76 bits per heavy atom. The summed E-state index contributed by atoms with van der Waals surface area (Å²) < 4.78 is 11.5. The van der Waals surface area contributed by atoms with E-state index in [4.69, 9.17) is 8.83 Å². The summed E-state index contributed by atoms with van der Waals surface area (Å²) in [5, 5.41) is 5.49. The predicted octanol–water partition coefficient (Wildman–Crippen LogP) is 2.76. The number of carbonyl (C=O) groups is 2. The molecular weight excluding hydrogens is 374 g/mol. The number of benzene rings is 2. The number of anilines is 1. The van der Waals surface area contributed by atoms with Crippen molar-refractivity contribution in [2.45, 2.75) is 13.1 Å². The van der Waals surface area contributed by atoms with Crippen LogP contribution in [-0.4, -0.2) is 16.4 Å². The quantitative estimate of drug-likeness (QED) is 0.526. The normalized spacial score (nSPS) is 10.8. The summed E-state index contributed by atoms with van der Waals surface area (Å²) in [5.41, 5.74) is 2.47. The summed E-state index contributed by atoms with van der Waals surface area (Å²) in [6, 6.07) is 17.2. The minimum atomic E-state index is -0.571. The van der Waals surface area contributed by atoms with Crippen molar-refractivity contribution in [2.24, 2.45) is 0 Å². The van der Waals surface area contributed by atoms with Crippen LogP contribution in [0.4, 0.5) is 5.69 Å². The number of furan rings is 1. The second kappa shape index (κ2) is 7.89. The van der Waals surface area contributed by atoms with E-state index >= 15 is 0 Å². The molecule has 2 heterocycles. The molecule has 0 saturated carbocycles. The standard InChI is InChI=1S/C21H17N3O5/c25-19(13-24-16-4-1-2-5-17(16)29-21(24)27)22-12-14-7-9-15(10-8-14)23-20(26)18-6-3-11-28-18/h1-11H,12-13H2,(H,22,25)(H,23,26). The van der Waals surface area contributed by atoms with Gasteiger partial charge in [-0.2, -0.15) is 0 Å². The first kappa shape index (κ1) is 18.3. The van der Waals surface area contributed by atoms with Gasteiger partial charge in [0.1, 0.15) is 6.54 Å². The monoisotopic (exact) mass is 391 g/mol. The number of hydrogen-bond acceptors (Lipinski definition) is 5. The van der Waals surface area contributed by atoms with Gasteiger partial charge in [0.25, 0.3) is 5.91 Å². The number of nitrogens with zero attached hydrogens (tertiary/aromatic N) is 1. The molecule has 0 atom stereocenters. The summed E-state index contributed by atoms with van der Waals surface area (Å²) in [5.74, 6) is -0.996. The Balaban J connectivity index is 1.34. The lowest BCUT2D eigenvalue weighted by atomic mass is 10.2. The number of para-hydroxylation sites is 2. The van der Waals surface area contributed by atoms with Crippen molar-refractivity contribution >= 4 is 28.6 Å². The van der Waals surface area contributed by atoms with E-state index in [0.717, 1.165) is 5.56 Å². The number of carbonyl (C=O) groups excluding carboxylic acids is 2. The molecule has 0 unspecified atom stereocenters. The highest BCUT2D eigenvalue weighted by Crippen LogP contribution is 2.13. The first-order chi connectivity index (χ1) is 14.1. The van der Waals surface area contributed by atoms with Gasteiger partial charge in [-0.25, -0.2) is 4.79 Å². The molecule has 2 aromatic heterocycles. The molecule has 2 aromatic carbocycles. The molecule has 0 aliphatic rings. The molecule has 0 aliphatic heterocycles. The lowest BCUT2D eigenvalue weighted by Crippen LogP contribution is -2.30. The van der Waals surface area contributed by atoms with Gasteiger partial charge >= 0.3 is 5.76 Å². The van der Waals surface area contributed by atoms with Crippen molar-refractivity contribution in [1.29, 1.82) is 0 Å². The van der Waals surface area contributed by atoms with Crippen LogP contribution >= 0.6 is 0 Å². The lowest BCUT2D eigenvalue weighted by molar-refractivity contribution is -0.121. The maximum atomic E-state index is 12.2. The van der Waals surface area contributed by atoms with Crippen LogP contribution in [0.2, 0.25) is 0 Å². The summed E-state index contributed by atoms with van der Waals surface area (Å²) >= 11 is 0. The third-order valence-electron chi connectivity index (χ3n) is 4.32. The molecule has 2 amide bonds. The average Bonchev–Trinajstić information content (AvgIpc) is 3.36. The van der Waals surface area contributed by atoms with Crippen molar-refractivity contribution in [2.75, 3.05) is 5.32 Å². The Bertz CT molecular complexity index is 1200. The predicted molar refractivity (Wildman–Crippen MR) is 105 cm³/mol. The van der Waals surface area contributed by atoms with Crippen molar-refractivity contribution in [1.82, 2.24) is 9.88 Å². The van der Waals surface area contributed by atoms with Crippen molar-refractivity contribution < 1.29 is 18.4 Å². The molecule has 4 rings (SSSR count). The maximum absolute atomic E-state index is 12.2. The first-order valence-electron chi connectivity index (χ1n) is 8.89. The first-order valence-corrected chi connectivity index (χ1v) is 8.89. The van der Waals surface area contributed by atoms with E-state index in [1.54, 1.807) is 60.7 Å². The molecule has 4 aromatic rings. The van der Waals surface area contributed by atoms with Crippen molar-refractivity contribution in [3.05, 3.63) is 88.8 Å². The minimum Gasteiger partial charge on any atom is -0.459 e. The van der Waals surface area contributed by atoms with E-state index in [9.17, 15) is 14.4 Å². The number of nitrogens with one attached hydrogen (secondary N) is 2. The van der Waals surface area contributed by atoms with Crippen LogP contribution in [0.25, 0.3) is 11.1 Å². The molecule has 0 fully saturated rings. The highest BCUT2D eigenvalue weighted by atomic mass is 16.4. The van der Waals surface area contributed by atoms with Crippen LogP contribution in [0.5, 0.6) is 0 Å². The van der Waals surface area contributed by atoms with Gasteiger partial charge in [0.2, 0.25) is 5.91 Å². The summed E-state index contributed by atoms with van der Waals surface area (Å²) in [4.78, 5) is 36.1. The molecule has 0 spiro atoms. The average molecular weight is 391 g/mol. The Hall–Kier alpha value is -4.07. The van der Waals surface area contributed by atoms with E-state index in [1.807, 2.05) is 0 Å². The Morgan fingerprint density at radius 1 is 0.966 bits per heavy atom. The van der Waals surface area contributed by atoms with Gasteiger partial charge < -0.3 is 19.5 Å². The lowest BCUT2D eigenvalue weighted by Gasteiger charge is -2.08. The van der Waals surface area contributed by atoms with Crippen LogP contribution in [-0.2, 0) is 17.9 Å². The Morgan fingerprint density at radius 3 is 2.52 bits per heavy atom. The highest BCUT2D eigenvalue weighted by molar-refractivity contribution is 6.02. The Kier molecular flexibility index (Phi) is 4.98. The van der Waals surface area contributed by atoms with E-state index in [-0.39, 0.29) is 30.7 Å². The second-order valence-corrected chi connectivity index (χ2v) is 6.33. The second-order valence-electron chi connectivity index (χ2n) is 6.33.